The average Bonchev–Trinajstić information content (AvgIpc) is 3.29. The molecule has 8 atom stereocenters. The molecule has 0 saturated heterocycles. The number of hydrogen-bond donors (Lipinski definition) is 3. The van der Waals surface area contributed by atoms with Gasteiger partial charge >= 0.3 is 11.9 Å². The van der Waals surface area contributed by atoms with Gasteiger partial charge in [-0.25, -0.2) is 0 Å². The molecule has 230 valence electrons. The first-order valence-electron chi connectivity index (χ1n) is 15.3. The second-order valence-electron chi connectivity index (χ2n) is 14.7. The van der Waals surface area contributed by atoms with E-state index in [0.717, 1.165) is 32.1 Å². The third-order valence-electron chi connectivity index (χ3n) is 10.6. The minimum Gasteiger partial charge on any atom is -0.461 e. The van der Waals surface area contributed by atoms with Crippen LogP contribution in [0.15, 0.2) is 23.3 Å². The number of fused-ring (bicyclic) bond motifs is 3. The molecule has 0 aromatic carbocycles. The molecule has 2 saturated carbocycles. The molecule has 4 rings (SSSR count). The van der Waals surface area contributed by atoms with E-state index in [1.54, 1.807) is 39.8 Å². The second-order valence-corrected chi connectivity index (χ2v) is 14.7. The SMILES string of the molecule is CCCCCCCC(=O)O[C@@]12C[C@@H](C)[C@]34C=C(C)[C@H](O)[C@@]3(O)[C@H](O)C(COC(=O)C(C)(C)C)=C[C@H](C4=O)[C@@H]1C2(C)C. The first-order valence-corrected chi connectivity index (χ1v) is 15.3. The minimum atomic E-state index is -2.27. The van der Waals surface area contributed by atoms with Crippen molar-refractivity contribution < 1.29 is 39.2 Å². The van der Waals surface area contributed by atoms with Crippen molar-refractivity contribution in [3.63, 3.8) is 0 Å². The van der Waals surface area contributed by atoms with Gasteiger partial charge in [-0.1, -0.05) is 65.5 Å². The highest BCUT2D eigenvalue weighted by Gasteiger charge is 2.83. The van der Waals surface area contributed by atoms with Crippen LogP contribution in [0, 0.1) is 34.0 Å². The molecule has 41 heavy (non-hydrogen) atoms. The first-order chi connectivity index (χ1) is 18.9. The number of aliphatic hydroxyl groups is 3. The van der Waals surface area contributed by atoms with Crippen molar-refractivity contribution in [3.8, 4) is 0 Å². The molecule has 0 heterocycles. The number of ether oxygens (including phenoxy) is 2. The molecule has 3 N–H and O–H groups in total. The van der Waals surface area contributed by atoms with Crippen molar-refractivity contribution in [2.45, 2.75) is 124 Å². The molecule has 0 amide bonds. The summed E-state index contributed by atoms with van der Waals surface area (Å²) in [6.45, 7) is 14.4. The highest BCUT2D eigenvalue weighted by molar-refractivity contribution is 5.96. The molecule has 4 aliphatic carbocycles. The van der Waals surface area contributed by atoms with Crippen LogP contribution in [0.1, 0.15) is 100 Å². The van der Waals surface area contributed by atoms with Gasteiger partial charge in [0.05, 0.1) is 10.8 Å². The first kappa shape index (κ1) is 31.9. The van der Waals surface area contributed by atoms with Crippen molar-refractivity contribution >= 4 is 17.7 Å². The van der Waals surface area contributed by atoms with Gasteiger partial charge in [-0.3, -0.25) is 14.4 Å². The largest absolute Gasteiger partial charge is 0.461 e. The Morgan fingerprint density at radius 3 is 2.32 bits per heavy atom. The summed E-state index contributed by atoms with van der Waals surface area (Å²) in [5, 5.41) is 35.3. The van der Waals surface area contributed by atoms with Gasteiger partial charge in [-0.2, -0.15) is 0 Å². The summed E-state index contributed by atoms with van der Waals surface area (Å²) in [5.41, 5.74) is -5.61. The predicted octanol–water partition coefficient (Wildman–Crippen LogP) is 4.44. The molecule has 2 fully saturated rings. The molecule has 8 nitrogen and oxygen atoms in total. The maximum Gasteiger partial charge on any atom is 0.311 e. The maximum absolute atomic E-state index is 14.7. The number of allylic oxidation sites excluding steroid dienone is 1. The molecule has 0 aliphatic heterocycles. The van der Waals surface area contributed by atoms with Gasteiger partial charge in [0.15, 0.2) is 5.78 Å². The molecule has 0 aromatic rings. The number of aliphatic hydroxyl groups excluding tert-OH is 2. The van der Waals surface area contributed by atoms with E-state index in [1.165, 1.54) is 0 Å². The Labute approximate surface area is 244 Å². The molecular weight excluding hydrogens is 524 g/mol. The quantitative estimate of drug-likeness (QED) is 0.209. The van der Waals surface area contributed by atoms with Crippen LogP contribution >= 0.6 is 0 Å². The highest BCUT2D eigenvalue weighted by Crippen LogP contribution is 2.75. The Morgan fingerprint density at radius 2 is 1.71 bits per heavy atom. The van der Waals surface area contributed by atoms with Gasteiger partial charge in [0.25, 0.3) is 0 Å². The smallest absolute Gasteiger partial charge is 0.311 e. The summed E-state index contributed by atoms with van der Waals surface area (Å²) >= 11 is 0. The monoisotopic (exact) mass is 574 g/mol. The van der Waals surface area contributed by atoms with Gasteiger partial charge in [-0.15, -0.1) is 0 Å². The van der Waals surface area contributed by atoms with Crippen LogP contribution in [0.5, 0.6) is 0 Å². The standard InChI is InChI=1S/C33H50O8/c1-9-10-11-12-13-14-23(34)41-32-17-20(3)31-16-19(2)25(35)33(31,39)26(36)21(18-40-28(38)29(4,5)6)15-22(27(31)37)24(32)30(32,7)8/h15-16,20,22,24-26,35-36,39H,9-14,17-18H2,1-8H3/t20-,22+,24-,25+,26-,31+,32+,33-/m1/s1. The minimum absolute atomic E-state index is 0.167. The zero-order valence-electron chi connectivity index (χ0n) is 26.1. The third kappa shape index (κ3) is 4.63. The van der Waals surface area contributed by atoms with Crippen LogP contribution in [-0.4, -0.2) is 63.1 Å². The summed E-state index contributed by atoms with van der Waals surface area (Å²) in [6.07, 6.45) is 5.70. The van der Waals surface area contributed by atoms with E-state index in [9.17, 15) is 29.7 Å². The molecule has 0 radical (unpaired) electrons. The van der Waals surface area contributed by atoms with E-state index < -0.39 is 63.4 Å². The van der Waals surface area contributed by atoms with Crippen molar-refractivity contribution in [2.24, 2.45) is 34.0 Å². The summed E-state index contributed by atoms with van der Waals surface area (Å²) < 4.78 is 11.9. The van der Waals surface area contributed by atoms with Crippen LogP contribution in [0.2, 0.25) is 0 Å². The van der Waals surface area contributed by atoms with Gasteiger partial charge < -0.3 is 24.8 Å². The summed E-state index contributed by atoms with van der Waals surface area (Å²) in [5.74, 6) is -2.89. The lowest BCUT2D eigenvalue weighted by molar-refractivity contribution is -0.192. The van der Waals surface area contributed by atoms with Gasteiger partial charge in [-0.05, 0) is 57.6 Å². The van der Waals surface area contributed by atoms with Crippen molar-refractivity contribution in [1.82, 2.24) is 0 Å². The molecule has 0 unspecified atom stereocenters. The van der Waals surface area contributed by atoms with Gasteiger partial charge in [0.2, 0.25) is 0 Å². The maximum atomic E-state index is 14.7. The third-order valence-corrected chi connectivity index (χ3v) is 10.6. The normalized spacial score (nSPS) is 39.0. The number of Topliss-reactive ketones (excluding diaryl/α,β-unsaturated/α-hetero) is 1. The molecule has 2 bridgehead atoms. The van der Waals surface area contributed by atoms with E-state index in [0.29, 0.717) is 18.4 Å². The van der Waals surface area contributed by atoms with Gasteiger partial charge in [0.1, 0.15) is 30.0 Å². The predicted molar refractivity (Wildman–Crippen MR) is 153 cm³/mol. The lowest BCUT2D eigenvalue weighted by atomic mass is 9.59. The fourth-order valence-corrected chi connectivity index (χ4v) is 8.21. The van der Waals surface area contributed by atoms with E-state index in [-0.39, 0.29) is 23.9 Å². The molecule has 0 aromatic heterocycles. The fourth-order valence-electron chi connectivity index (χ4n) is 8.21. The molecular formula is C33H50O8. The number of esters is 2. The second kappa shape index (κ2) is 10.6. The highest BCUT2D eigenvalue weighted by atomic mass is 16.6. The van der Waals surface area contributed by atoms with Gasteiger partial charge in [0, 0.05) is 23.7 Å². The van der Waals surface area contributed by atoms with Crippen LogP contribution in [0.4, 0.5) is 0 Å². The number of ketones is 1. The lowest BCUT2D eigenvalue weighted by Gasteiger charge is -2.48. The average molecular weight is 575 g/mol. The zero-order chi connectivity index (χ0) is 30.8. The lowest BCUT2D eigenvalue weighted by Crippen LogP contribution is -2.65. The van der Waals surface area contributed by atoms with Crippen LogP contribution in [0.3, 0.4) is 0 Å². The number of rotatable bonds is 9. The summed E-state index contributed by atoms with van der Waals surface area (Å²) in [4.78, 5) is 40.5. The van der Waals surface area contributed by atoms with E-state index in [2.05, 4.69) is 6.92 Å². The van der Waals surface area contributed by atoms with Crippen molar-refractivity contribution in [2.75, 3.05) is 6.61 Å². The van der Waals surface area contributed by atoms with Crippen LogP contribution < -0.4 is 0 Å². The van der Waals surface area contributed by atoms with E-state index in [4.69, 9.17) is 9.47 Å². The number of unbranched alkanes of at least 4 members (excludes halogenated alkanes) is 4. The molecule has 8 heteroatoms. The van der Waals surface area contributed by atoms with E-state index >= 15 is 0 Å². The van der Waals surface area contributed by atoms with Crippen LogP contribution in [-0.2, 0) is 23.9 Å². The Kier molecular flexibility index (Phi) is 8.25. The van der Waals surface area contributed by atoms with Crippen LogP contribution in [0.25, 0.3) is 0 Å². The Hall–Kier alpha value is -2.03. The number of carbonyl (C=O) groups excluding carboxylic acids is 3. The zero-order valence-corrected chi connectivity index (χ0v) is 26.1. The molecule has 4 aliphatic rings. The van der Waals surface area contributed by atoms with E-state index in [1.807, 2.05) is 20.8 Å². The summed E-state index contributed by atoms with van der Waals surface area (Å²) in [7, 11) is 0. The number of hydrogen-bond acceptors (Lipinski definition) is 8. The Balaban J connectivity index is 1.75. The fraction of sp³-hybridized carbons (Fsp3) is 0.788. The number of carbonyl (C=O) groups is 3. The topological polar surface area (TPSA) is 130 Å². The Morgan fingerprint density at radius 1 is 1.07 bits per heavy atom. The molecule has 1 spiro atoms. The van der Waals surface area contributed by atoms with Crippen molar-refractivity contribution in [1.29, 1.82) is 0 Å². The summed E-state index contributed by atoms with van der Waals surface area (Å²) in [6, 6.07) is 0. The Bertz CT molecular complexity index is 1140. The van der Waals surface area contributed by atoms with Crippen molar-refractivity contribution in [3.05, 3.63) is 23.3 Å².